The number of furan rings is 1. The zero-order valence-electron chi connectivity index (χ0n) is 15.6. The molecular formula is C20H25N5O2. The Kier molecular flexibility index (Phi) is 5.22. The molecule has 7 heteroatoms. The largest absolute Gasteiger partial charge is 0.459 e. The van der Waals surface area contributed by atoms with Crippen molar-refractivity contribution >= 4 is 22.9 Å². The number of likely N-dealkylation sites (N-methyl/N-ethyl adjacent to an activating group) is 1. The molecule has 0 aliphatic carbocycles. The van der Waals surface area contributed by atoms with Gasteiger partial charge in [-0.25, -0.2) is 4.98 Å². The molecule has 1 aromatic carbocycles. The molecule has 0 saturated carbocycles. The second-order valence-corrected chi connectivity index (χ2v) is 7.01. The third-order valence-electron chi connectivity index (χ3n) is 5.08. The van der Waals surface area contributed by atoms with Crippen molar-refractivity contribution in [1.29, 1.82) is 0 Å². The van der Waals surface area contributed by atoms with Gasteiger partial charge in [0.2, 0.25) is 5.95 Å². The van der Waals surface area contributed by atoms with Crippen molar-refractivity contribution in [3.63, 3.8) is 0 Å². The summed E-state index contributed by atoms with van der Waals surface area (Å²) in [5.41, 5.74) is 1.91. The first kappa shape index (κ1) is 17.8. The number of hydrogen-bond acceptors (Lipinski definition) is 5. The predicted octanol–water partition coefficient (Wildman–Crippen LogP) is 2.52. The molecule has 4 rings (SSSR count). The summed E-state index contributed by atoms with van der Waals surface area (Å²) in [6, 6.07) is 11.3. The van der Waals surface area contributed by atoms with Gasteiger partial charge >= 0.3 is 0 Å². The topological polar surface area (TPSA) is 66.5 Å². The van der Waals surface area contributed by atoms with E-state index in [2.05, 4.69) is 31.7 Å². The van der Waals surface area contributed by atoms with E-state index in [4.69, 9.17) is 4.42 Å². The summed E-state index contributed by atoms with van der Waals surface area (Å²) in [5.74, 6) is 0.567. The number of nitrogens with one attached hydrogen (secondary N) is 1. The Labute approximate surface area is 158 Å². The zero-order valence-corrected chi connectivity index (χ0v) is 15.6. The molecule has 27 heavy (non-hydrogen) atoms. The minimum Gasteiger partial charge on any atom is -0.459 e. The van der Waals surface area contributed by atoms with Crippen molar-refractivity contribution in [3.05, 3.63) is 48.4 Å². The van der Waals surface area contributed by atoms with E-state index in [-0.39, 0.29) is 11.7 Å². The lowest BCUT2D eigenvalue weighted by Crippen LogP contribution is -2.44. The lowest BCUT2D eigenvalue weighted by Gasteiger charge is -2.32. The average Bonchev–Trinajstić information content (AvgIpc) is 3.32. The Hall–Kier alpha value is -2.64. The highest BCUT2D eigenvalue weighted by Gasteiger charge is 2.17. The van der Waals surface area contributed by atoms with E-state index in [1.54, 1.807) is 12.1 Å². The van der Waals surface area contributed by atoms with Crippen LogP contribution in [-0.4, -0.2) is 65.0 Å². The van der Waals surface area contributed by atoms with Crippen molar-refractivity contribution < 1.29 is 9.21 Å². The number of benzene rings is 1. The highest BCUT2D eigenvalue weighted by molar-refractivity contribution is 6.02. The Bertz CT molecular complexity index is 894. The van der Waals surface area contributed by atoms with E-state index in [9.17, 15) is 4.79 Å². The lowest BCUT2D eigenvalue weighted by atomic mass is 10.3. The third kappa shape index (κ3) is 4.04. The average molecular weight is 367 g/mol. The molecule has 0 bridgehead atoms. The maximum absolute atomic E-state index is 12.4. The van der Waals surface area contributed by atoms with Gasteiger partial charge in [0, 0.05) is 32.7 Å². The normalized spacial score (nSPS) is 16.0. The Morgan fingerprint density at radius 3 is 2.70 bits per heavy atom. The standard InChI is InChI=1S/C20H25N5O2/c1-23-11-13-24(14-12-23)9-5-10-25-17-7-3-2-6-16(17)21-20(25)22-19(26)18-8-4-15-27-18/h2-4,6-8,15H,5,9-14H2,1H3,(H,21,22,26). The van der Waals surface area contributed by atoms with Gasteiger partial charge in [0.05, 0.1) is 17.3 Å². The fourth-order valence-corrected chi connectivity index (χ4v) is 3.49. The highest BCUT2D eigenvalue weighted by atomic mass is 16.3. The molecule has 142 valence electrons. The Balaban J connectivity index is 1.47. The van der Waals surface area contributed by atoms with Crippen LogP contribution in [0.3, 0.4) is 0 Å². The van der Waals surface area contributed by atoms with Crippen LogP contribution in [0.1, 0.15) is 17.0 Å². The highest BCUT2D eigenvalue weighted by Crippen LogP contribution is 2.21. The first-order chi connectivity index (χ1) is 13.2. The van der Waals surface area contributed by atoms with Crippen LogP contribution in [0.4, 0.5) is 5.95 Å². The van der Waals surface area contributed by atoms with Crippen molar-refractivity contribution in [2.75, 3.05) is 45.1 Å². The van der Waals surface area contributed by atoms with Gasteiger partial charge in [0.1, 0.15) is 0 Å². The predicted molar refractivity (Wildman–Crippen MR) is 105 cm³/mol. The summed E-state index contributed by atoms with van der Waals surface area (Å²) in [6.07, 6.45) is 2.50. The molecule has 0 radical (unpaired) electrons. The molecule has 3 heterocycles. The number of carbonyl (C=O) groups is 1. The minimum atomic E-state index is -0.282. The molecule has 1 aliphatic heterocycles. The van der Waals surface area contributed by atoms with E-state index in [1.807, 2.05) is 24.3 Å². The number of carbonyl (C=O) groups excluding carboxylic acids is 1. The molecule has 7 nitrogen and oxygen atoms in total. The van der Waals surface area contributed by atoms with Crippen LogP contribution in [0.5, 0.6) is 0 Å². The second kappa shape index (κ2) is 7.94. The number of rotatable bonds is 6. The van der Waals surface area contributed by atoms with Gasteiger partial charge in [-0.1, -0.05) is 12.1 Å². The molecule has 0 atom stereocenters. The number of aromatic nitrogens is 2. The van der Waals surface area contributed by atoms with Crippen molar-refractivity contribution in [2.45, 2.75) is 13.0 Å². The van der Waals surface area contributed by atoms with E-state index < -0.39 is 0 Å². The van der Waals surface area contributed by atoms with E-state index in [0.717, 1.165) is 56.7 Å². The van der Waals surface area contributed by atoms with Crippen LogP contribution in [-0.2, 0) is 6.54 Å². The molecule has 1 aliphatic rings. The van der Waals surface area contributed by atoms with Crippen molar-refractivity contribution in [1.82, 2.24) is 19.4 Å². The van der Waals surface area contributed by atoms with Crippen molar-refractivity contribution in [2.24, 2.45) is 0 Å². The zero-order chi connectivity index (χ0) is 18.6. The number of amides is 1. The first-order valence-electron chi connectivity index (χ1n) is 9.42. The number of hydrogen-bond donors (Lipinski definition) is 1. The first-order valence-corrected chi connectivity index (χ1v) is 9.42. The molecule has 1 N–H and O–H groups in total. The maximum Gasteiger partial charge on any atom is 0.293 e. The summed E-state index contributed by atoms with van der Waals surface area (Å²) < 4.78 is 7.28. The van der Waals surface area contributed by atoms with Crippen LogP contribution in [0.25, 0.3) is 11.0 Å². The number of anilines is 1. The van der Waals surface area contributed by atoms with Gasteiger partial charge in [-0.2, -0.15) is 0 Å². The van der Waals surface area contributed by atoms with Gasteiger partial charge < -0.3 is 18.8 Å². The minimum absolute atomic E-state index is 0.282. The molecule has 3 aromatic rings. The van der Waals surface area contributed by atoms with Crippen LogP contribution in [0.15, 0.2) is 47.1 Å². The van der Waals surface area contributed by atoms with Gasteiger partial charge in [-0.15, -0.1) is 0 Å². The number of piperazine rings is 1. The van der Waals surface area contributed by atoms with Crippen LogP contribution >= 0.6 is 0 Å². The molecule has 0 spiro atoms. The van der Waals surface area contributed by atoms with Crippen molar-refractivity contribution in [3.8, 4) is 0 Å². The molecule has 2 aromatic heterocycles. The molecule has 1 amide bonds. The third-order valence-corrected chi connectivity index (χ3v) is 5.08. The maximum atomic E-state index is 12.4. The molecule has 1 fully saturated rings. The van der Waals surface area contributed by atoms with Crippen LogP contribution < -0.4 is 5.32 Å². The summed E-state index contributed by atoms with van der Waals surface area (Å²) in [5, 5.41) is 2.90. The van der Waals surface area contributed by atoms with Crippen LogP contribution in [0, 0.1) is 0 Å². The smallest absolute Gasteiger partial charge is 0.293 e. The second-order valence-electron chi connectivity index (χ2n) is 7.01. The number of fused-ring (bicyclic) bond motifs is 1. The van der Waals surface area contributed by atoms with Gasteiger partial charge in [0.25, 0.3) is 5.91 Å². The lowest BCUT2D eigenvalue weighted by molar-refractivity contribution is 0.0995. The van der Waals surface area contributed by atoms with Crippen LogP contribution in [0.2, 0.25) is 0 Å². The summed E-state index contributed by atoms with van der Waals surface area (Å²) in [6.45, 7) is 6.33. The summed E-state index contributed by atoms with van der Waals surface area (Å²) in [7, 11) is 2.17. The number of aryl methyl sites for hydroxylation is 1. The van der Waals surface area contributed by atoms with E-state index in [1.165, 1.54) is 6.26 Å². The SMILES string of the molecule is CN1CCN(CCCn2c(NC(=O)c3ccco3)nc3ccccc32)CC1. The summed E-state index contributed by atoms with van der Waals surface area (Å²) >= 11 is 0. The van der Waals surface area contributed by atoms with E-state index in [0.29, 0.717) is 5.95 Å². The number of imidazole rings is 1. The number of nitrogens with zero attached hydrogens (tertiary/aromatic N) is 4. The number of para-hydroxylation sites is 2. The van der Waals surface area contributed by atoms with Gasteiger partial charge in [-0.3, -0.25) is 10.1 Å². The van der Waals surface area contributed by atoms with Gasteiger partial charge in [-0.05, 0) is 44.3 Å². The Morgan fingerprint density at radius 1 is 1.11 bits per heavy atom. The molecule has 1 saturated heterocycles. The monoisotopic (exact) mass is 367 g/mol. The fraction of sp³-hybridized carbons (Fsp3) is 0.400. The fourth-order valence-electron chi connectivity index (χ4n) is 3.49. The molecule has 0 unspecified atom stereocenters. The van der Waals surface area contributed by atoms with E-state index >= 15 is 0 Å². The molecular weight excluding hydrogens is 342 g/mol. The quantitative estimate of drug-likeness (QED) is 0.725. The summed E-state index contributed by atoms with van der Waals surface area (Å²) in [4.78, 5) is 21.9. The Morgan fingerprint density at radius 2 is 1.93 bits per heavy atom. The van der Waals surface area contributed by atoms with Gasteiger partial charge in [0.15, 0.2) is 5.76 Å².